The molecule has 0 fully saturated rings. The van der Waals surface area contributed by atoms with Crippen LogP contribution < -0.4 is 0 Å². The Kier molecular flexibility index (Phi) is 4.33. The van der Waals surface area contributed by atoms with E-state index in [4.69, 9.17) is 0 Å². The molecule has 0 aliphatic rings. The van der Waals surface area contributed by atoms with Crippen LogP contribution in [0.4, 0.5) is 17.6 Å². The minimum atomic E-state index is -1.57. The van der Waals surface area contributed by atoms with Crippen LogP contribution in [-0.4, -0.2) is 7.11 Å². The zero-order valence-electron chi connectivity index (χ0n) is 7.22. The predicted octanol–water partition coefficient (Wildman–Crippen LogP) is 2.76. The fourth-order valence-electron chi connectivity index (χ4n) is 0.700. The van der Waals surface area contributed by atoms with E-state index in [1.54, 1.807) is 0 Å². The second-order valence-corrected chi connectivity index (χ2v) is 2.89. The third kappa shape index (κ3) is 2.81. The van der Waals surface area contributed by atoms with Crippen LogP contribution in [0.2, 0.25) is 0 Å². The van der Waals surface area contributed by atoms with Crippen molar-refractivity contribution < 1.29 is 31.8 Å². The molecule has 0 saturated carbocycles. The summed E-state index contributed by atoms with van der Waals surface area (Å²) in [6.07, 6.45) is 0. The molecule has 0 amide bonds. The SMILES string of the molecule is COOOSc1c(F)c(F)cc(F)c1F. The fourth-order valence-corrected chi connectivity index (χ4v) is 1.19. The Morgan fingerprint density at radius 3 is 2.07 bits per heavy atom. The van der Waals surface area contributed by atoms with Crippen molar-refractivity contribution in [2.75, 3.05) is 7.11 Å². The van der Waals surface area contributed by atoms with E-state index >= 15 is 0 Å². The van der Waals surface area contributed by atoms with Crippen molar-refractivity contribution in [2.45, 2.75) is 4.90 Å². The van der Waals surface area contributed by atoms with Gasteiger partial charge in [-0.1, -0.05) is 5.04 Å². The smallest absolute Gasteiger partial charge is 0.177 e. The lowest BCUT2D eigenvalue weighted by Crippen LogP contribution is -1.98. The molecule has 0 N–H and O–H groups in total. The zero-order chi connectivity index (χ0) is 11.4. The molecule has 0 spiro atoms. The highest BCUT2D eigenvalue weighted by Gasteiger charge is 2.20. The summed E-state index contributed by atoms with van der Waals surface area (Å²) >= 11 is -0.0506. The average molecular weight is 244 g/mol. The first-order chi connectivity index (χ1) is 7.07. The second kappa shape index (κ2) is 5.31. The van der Waals surface area contributed by atoms with Gasteiger partial charge in [0.1, 0.15) is 4.90 Å². The standard InChI is InChI=1S/C7H4F4O3S/c1-12-13-14-15-7-5(10)3(8)2-4(9)6(7)11/h2H,1H3. The monoisotopic (exact) mass is 244 g/mol. The first kappa shape index (κ1) is 12.2. The van der Waals surface area contributed by atoms with Crippen molar-refractivity contribution in [3.63, 3.8) is 0 Å². The van der Waals surface area contributed by atoms with Crippen LogP contribution >= 0.6 is 12.0 Å². The Labute approximate surface area is 86.0 Å². The van der Waals surface area contributed by atoms with Gasteiger partial charge < -0.3 is 0 Å². The first-order valence-corrected chi connectivity index (χ1v) is 4.19. The van der Waals surface area contributed by atoms with E-state index in [0.717, 1.165) is 7.11 Å². The number of hydrogen-bond donors (Lipinski definition) is 0. The normalized spacial score (nSPS) is 10.7. The summed E-state index contributed by atoms with van der Waals surface area (Å²) in [5, 5.41) is 3.81. The molecule has 1 rings (SSSR count). The Bertz CT molecular complexity index is 334. The van der Waals surface area contributed by atoms with Crippen LogP contribution in [0.25, 0.3) is 0 Å². The molecule has 0 atom stereocenters. The summed E-state index contributed by atoms with van der Waals surface area (Å²) in [5.74, 6) is -6.20. The maximum Gasteiger partial charge on any atom is 0.177 e. The minimum Gasteiger partial charge on any atom is -0.209 e. The quantitative estimate of drug-likeness (QED) is 0.203. The van der Waals surface area contributed by atoms with Gasteiger partial charge in [-0.3, -0.25) is 0 Å². The van der Waals surface area contributed by atoms with Crippen LogP contribution in [0.1, 0.15) is 0 Å². The lowest BCUT2D eigenvalue weighted by atomic mass is 10.3. The molecular weight excluding hydrogens is 240 g/mol. The predicted molar refractivity (Wildman–Crippen MR) is 41.3 cm³/mol. The lowest BCUT2D eigenvalue weighted by Gasteiger charge is -2.04. The van der Waals surface area contributed by atoms with E-state index in [1.807, 2.05) is 0 Å². The van der Waals surface area contributed by atoms with Crippen molar-refractivity contribution in [3.05, 3.63) is 29.3 Å². The molecule has 0 radical (unpaired) electrons. The maximum atomic E-state index is 12.9. The molecule has 0 aliphatic carbocycles. The average Bonchev–Trinajstić information content (AvgIpc) is 2.20. The minimum absolute atomic E-state index is 0.0506. The molecule has 0 unspecified atom stereocenters. The molecule has 8 heteroatoms. The van der Waals surface area contributed by atoms with Gasteiger partial charge in [0.25, 0.3) is 0 Å². The van der Waals surface area contributed by atoms with Gasteiger partial charge >= 0.3 is 0 Å². The van der Waals surface area contributed by atoms with Gasteiger partial charge in [0.2, 0.25) is 0 Å². The van der Waals surface area contributed by atoms with Crippen molar-refractivity contribution >= 4 is 12.0 Å². The highest BCUT2D eigenvalue weighted by molar-refractivity contribution is 7.94. The molecule has 84 valence electrons. The largest absolute Gasteiger partial charge is 0.209 e. The summed E-state index contributed by atoms with van der Waals surface area (Å²) < 4.78 is 55.0. The first-order valence-electron chi connectivity index (χ1n) is 3.45. The highest BCUT2D eigenvalue weighted by atomic mass is 32.2. The molecule has 1 aromatic rings. The molecule has 0 aliphatic heterocycles. The summed E-state index contributed by atoms with van der Waals surface area (Å²) in [5.41, 5.74) is 0. The highest BCUT2D eigenvalue weighted by Crippen LogP contribution is 2.29. The third-order valence-electron chi connectivity index (χ3n) is 1.28. The van der Waals surface area contributed by atoms with E-state index in [-0.39, 0.29) is 18.1 Å². The van der Waals surface area contributed by atoms with Crippen LogP contribution in [0.15, 0.2) is 11.0 Å². The van der Waals surface area contributed by atoms with Gasteiger partial charge in [-0.2, -0.15) is 0 Å². The topological polar surface area (TPSA) is 27.7 Å². The number of halogens is 4. The zero-order valence-corrected chi connectivity index (χ0v) is 8.04. The van der Waals surface area contributed by atoms with Crippen LogP contribution in [0.5, 0.6) is 0 Å². The molecule has 15 heavy (non-hydrogen) atoms. The van der Waals surface area contributed by atoms with Crippen molar-refractivity contribution in [2.24, 2.45) is 0 Å². The summed E-state index contributed by atoms with van der Waals surface area (Å²) in [4.78, 5) is 2.93. The van der Waals surface area contributed by atoms with Crippen molar-refractivity contribution in [3.8, 4) is 0 Å². The van der Waals surface area contributed by atoms with Gasteiger partial charge in [0.05, 0.1) is 19.2 Å². The van der Waals surface area contributed by atoms with Gasteiger partial charge in [0.15, 0.2) is 23.3 Å². The van der Waals surface area contributed by atoms with Crippen LogP contribution in [-0.2, 0) is 14.3 Å². The Morgan fingerprint density at radius 1 is 1.07 bits per heavy atom. The number of hydrogen-bond acceptors (Lipinski definition) is 4. The fraction of sp³-hybridized carbons (Fsp3) is 0.143. The van der Waals surface area contributed by atoms with E-state index in [1.165, 1.54) is 0 Å². The number of benzene rings is 1. The van der Waals surface area contributed by atoms with E-state index in [9.17, 15) is 17.6 Å². The molecule has 0 bridgehead atoms. The second-order valence-electron chi connectivity index (χ2n) is 2.18. The Hall–Kier alpha value is -0.830. The van der Waals surface area contributed by atoms with Gasteiger partial charge in [-0.15, -0.1) is 4.33 Å². The van der Waals surface area contributed by atoms with Crippen LogP contribution in [0.3, 0.4) is 0 Å². The van der Waals surface area contributed by atoms with Crippen molar-refractivity contribution in [1.82, 2.24) is 0 Å². The van der Waals surface area contributed by atoms with E-state index in [2.05, 4.69) is 14.3 Å². The van der Waals surface area contributed by atoms with Crippen molar-refractivity contribution in [1.29, 1.82) is 0 Å². The van der Waals surface area contributed by atoms with E-state index < -0.39 is 28.2 Å². The third-order valence-corrected chi connectivity index (χ3v) is 1.93. The maximum absolute atomic E-state index is 12.9. The Morgan fingerprint density at radius 2 is 1.60 bits per heavy atom. The molecule has 0 saturated heterocycles. The number of rotatable bonds is 4. The Balaban J connectivity index is 2.94. The molecule has 3 nitrogen and oxygen atoms in total. The summed E-state index contributed by atoms with van der Waals surface area (Å²) in [6.45, 7) is 0. The lowest BCUT2D eigenvalue weighted by molar-refractivity contribution is -0.447. The van der Waals surface area contributed by atoms with Gasteiger partial charge in [-0.05, 0) is 0 Å². The summed E-state index contributed by atoms with van der Waals surface area (Å²) in [6, 6.07) is 0.0892. The summed E-state index contributed by atoms with van der Waals surface area (Å²) in [7, 11) is 1.07. The molecular formula is C7H4F4O3S. The van der Waals surface area contributed by atoms with E-state index in [0.29, 0.717) is 0 Å². The van der Waals surface area contributed by atoms with Gasteiger partial charge in [-0.25, -0.2) is 22.4 Å². The van der Waals surface area contributed by atoms with Crippen LogP contribution in [0, 0.1) is 23.3 Å². The van der Waals surface area contributed by atoms with Gasteiger partial charge in [0, 0.05) is 6.07 Å². The molecule has 1 aromatic carbocycles. The molecule has 0 aromatic heterocycles. The molecule has 0 heterocycles.